The van der Waals surface area contributed by atoms with Crippen molar-refractivity contribution in [3.05, 3.63) is 24.0 Å². The second kappa shape index (κ2) is 5.84. The molecular formula is C12H19N3O2. The molecule has 1 aromatic heterocycles. The zero-order chi connectivity index (χ0) is 12.1. The van der Waals surface area contributed by atoms with E-state index in [0.717, 1.165) is 19.5 Å². The maximum absolute atomic E-state index is 12.0. The van der Waals surface area contributed by atoms with E-state index in [2.05, 4.69) is 10.6 Å². The number of methoxy groups -OCH3 is 1. The van der Waals surface area contributed by atoms with E-state index in [1.807, 2.05) is 22.9 Å². The predicted octanol–water partition coefficient (Wildman–Crippen LogP) is 0.226. The monoisotopic (exact) mass is 237 g/mol. The molecular weight excluding hydrogens is 218 g/mol. The summed E-state index contributed by atoms with van der Waals surface area (Å²) in [7, 11) is 1.66. The van der Waals surface area contributed by atoms with Gasteiger partial charge in [0, 0.05) is 32.4 Å². The molecule has 0 spiro atoms. The minimum absolute atomic E-state index is 0.000182. The summed E-state index contributed by atoms with van der Waals surface area (Å²) in [4.78, 5) is 12.0. The summed E-state index contributed by atoms with van der Waals surface area (Å²) in [5.74, 6) is -0.000182. The van der Waals surface area contributed by atoms with E-state index in [1.54, 1.807) is 7.11 Å². The van der Waals surface area contributed by atoms with Crippen LogP contribution in [0.2, 0.25) is 0 Å². The molecule has 0 bridgehead atoms. The van der Waals surface area contributed by atoms with Gasteiger partial charge in [0.1, 0.15) is 5.69 Å². The number of rotatable bonds is 5. The van der Waals surface area contributed by atoms with Gasteiger partial charge >= 0.3 is 0 Å². The summed E-state index contributed by atoms with van der Waals surface area (Å²) < 4.78 is 6.94. The fourth-order valence-electron chi connectivity index (χ4n) is 2.04. The molecule has 1 fully saturated rings. The highest BCUT2D eigenvalue weighted by molar-refractivity contribution is 5.93. The van der Waals surface area contributed by atoms with Crippen molar-refractivity contribution in [2.45, 2.75) is 19.0 Å². The molecule has 1 aliphatic rings. The molecule has 1 unspecified atom stereocenters. The number of ether oxygens (including phenoxy) is 1. The van der Waals surface area contributed by atoms with Crippen LogP contribution < -0.4 is 10.6 Å². The third kappa shape index (κ3) is 3.08. The molecule has 0 aliphatic carbocycles. The van der Waals surface area contributed by atoms with Crippen molar-refractivity contribution in [1.29, 1.82) is 0 Å². The largest absolute Gasteiger partial charge is 0.383 e. The van der Waals surface area contributed by atoms with E-state index in [-0.39, 0.29) is 11.9 Å². The highest BCUT2D eigenvalue weighted by atomic mass is 16.5. The molecule has 1 aromatic rings. The van der Waals surface area contributed by atoms with Crippen molar-refractivity contribution in [1.82, 2.24) is 15.2 Å². The van der Waals surface area contributed by atoms with E-state index < -0.39 is 0 Å². The Kier molecular flexibility index (Phi) is 4.17. The second-order valence-electron chi connectivity index (χ2n) is 4.24. The van der Waals surface area contributed by atoms with Gasteiger partial charge in [0.2, 0.25) is 0 Å². The second-order valence-corrected chi connectivity index (χ2v) is 4.24. The summed E-state index contributed by atoms with van der Waals surface area (Å²) in [5, 5.41) is 6.27. The summed E-state index contributed by atoms with van der Waals surface area (Å²) in [6.07, 6.45) is 2.91. The highest BCUT2D eigenvalue weighted by Crippen LogP contribution is 2.05. The maximum atomic E-state index is 12.0. The molecule has 2 N–H and O–H groups in total. The van der Waals surface area contributed by atoms with E-state index >= 15 is 0 Å². The Bertz CT molecular complexity index is 370. The van der Waals surface area contributed by atoms with Crippen LogP contribution in [-0.2, 0) is 11.3 Å². The number of hydrogen-bond donors (Lipinski definition) is 2. The Balaban J connectivity index is 1.95. The molecule has 2 rings (SSSR count). The molecule has 1 saturated heterocycles. The fraction of sp³-hybridized carbons (Fsp3) is 0.583. The lowest BCUT2D eigenvalue weighted by atomic mass is 10.2. The van der Waals surface area contributed by atoms with Gasteiger partial charge in [-0.15, -0.1) is 0 Å². The molecule has 5 nitrogen and oxygen atoms in total. The van der Waals surface area contributed by atoms with E-state index in [1.165, 1.54) is 0 Å². The Labute approximate surface area is 101 Å². The summed E-state index contributed by atoms with van der Waals surface area (Å²) in [6, 6.07) is 3.98. The lowest BCUT2D eigenvalue weighted by molar-refractivity contribution is 0.0928. The number of carbonyl (C=O) groups excluding carboxylic acids is 1. The first kappa shape index (κ1) is 12.1. The number of carbonyl (C=O) groups is 1. The van der Waals surface area contributed by atoms with Crippen molar-refractivity contribution in [3.8, 4) is 0 Å². The topological polar surface area (TPSA) is 55.3 Å². The Morgan fingerprint density at radius 3 is 3.29 bits per heavy atom. The van der Waals surface area contributed by atoms with Crippen LogP contribution in [-0.4, -0.2) is 43.3 Å². The van der Waals surface area contributed by atoms with Crippen molar-refractivity contribution in [3.63, 3.8) is 0 Å². The van der Waals surface area contributed by atoms with Crippen LogP contribution in [0.3, 0.4) is 0 Å². The van der Waals surface area contributed by atoms with Crippen molar-refractivity contribution < 1.29 is 9.53 Å². The van der Waals surface area contributed by atoms with Crippen molar-refractivity contribution >= 4 is 5.91 Å². The molecule has 2 heterocycles. The minimum atomic E-state index is -0.000182. The van der Waals surface area contributed by atoms with Crippen LogP contribution in [0.25, 0.3) is 0 Å². The Morgan fingerprint density at radius 2 is 2.59 bits per heavy atom. The first-order valence-electron chi connectivity index (χ1n) is 5.97. The van der Waals surface area contributed by atoms with Gasteiger partial charge in [-0.3, -0.25) is 4.79 Å². The number of hydrogen-bond acceptors (Lipinski definition) is 3. The SMILES string of the molecule is COCCn1cccc1C(=O)NC1CCNC1. The van der Waals surface area contributed by atoms with Crippen LogP contribution in [0.5, 0.6) is 0 Å². The van der Waals surface area contributed by atoms with Gasteiger partial charge < -0.3 is 19.9 Å². The van der Waals surface area contributed by atoms with Gasteiger partial charge in [0.25, 0.3) is 5.91 Å². The lowest BCUT2D eigenvalue weighted by Gasteiger charge is -2.13. The molecule has 1 atom stereocenters. The molecule has 1 aliphatic heterocycles. The van der Waals surface area contributed by atoms with Gasteiger partial charge in [-0.05, 0) is 25.1 Å². The van der Waals surface area contributed by atoms with Gasteiger partial charge in [-0.2, -0.15) is 0 Å². The maximum Gasteiger partial charge on any atom is 0.268 e. The summed E-state index contributed by atoms with van der Waals surface area (Å²) >= 11 is 0. The average Bonchev–Trinajstić information content (AvgIpc) is 2.96. The van der Waals surface area contributed by atoms with Gasteiger partial charge in [0.05, 0.1) is 6.61 Å². The standard InChI is InChI=1S/C12H19N3O2/c1-17-8-7-15-6-2-3-11(15)12(16)14-10-4-5-13-9-10/h2-3,6,10,13H,4-5,7-9H2,1H3,(H,14,16). The lowest BCUT2D eigenvalue weighted by Crippen LogP contribution is -2.37. The minimum Gasteiger partial charge on any atom is -0.383 e. The molecule has 17 heavy (non-hydrogen) atoms. The smallest absolute Gasteiger partial charge is 0.268 e. The highest BCUT2D eigenvalue weighted by Gasteiger charge is 2.19. The number of amides is 1. The van der Waals surface area contributed by atoms with E-state index in [9.17, 15) is 4.79 Å². The number of nitrogens with one attached hydrogen (secondary N) is 2. The molecule has 5 heteroatoms. The van der Waals surface area contributed by atoms with Crippen LogP contribution >= 0.6 is 0 Å². The summed E-state index contributed by atoms with van der Waals surface area (Å²) in [6.45, 7) is 3.16. The average molecular weight is 237 g/mol. The zero-order valence-electron chi connectivity index (χ0n) is 10.1. The van der Waals surface area contributed by atoms with Gasteiger partial charge in [-0.25, -0.2) is 0 Å². The third-order valence-corrected chi connectivity index (χ3v) is 2.99. The zero-order valence-corrected chi connectivity index (χ0v) is 10.1. The molecule has 0 radical (unpaired) electrons. The quantitative estimate of drug-likeness (QED) is 0.770. The Morgan fingerprint density at radius 1 is 1.71 bits per heavy atom. The van der Waals surface area contributed by atoms with Crippen LogP contribution in [0.1, 0.15) is 16.9 Å². The number of aromatic nitrogens is 1. The molecule has 0 saturated carbocycles. The third-order valence-electron chi connectivity index (χ3n) is 2.99. The Hall–Kier alpha value is -1.33. The van der Waals surface area contributed by atoms with Gasteiger partial charge in [-0.1, -0.05) is 0 Å². The van der Waals surface area contributed by atoms with Crippen LogP contribution in [0, 0.1) is 0 Å². The van der Waals surface area contributed by atoms with Gasteiger partial charge in [0.15, 0.2) is 0 Å². The molecule has 94 valence electrons. The van der Waals surface area contributed by atoms with Crippen molar-refractivity contribution in [2.75, 3.05) is 26.8 Å². The molecule has 0 aromatic carbocycles. The van der Waals surface area contributed by atoms with Crippen LogP contribution in [0.4, 0.5) is 0 Å². The van der Waals surface area contributed by atoms with E-state index in [0.29, 0.717) is 18.8 Å². The fourth-order valence-corrected chi connectivity index (χ4v) is 2.04. The van der Waals surface area contributed by atoms with E-state index in [4.69, 9.17) is 4.74 Å². The van der Waals surface area contributed by atoms with Crippen molar-refractivity contribution in [2.24, 2.45) is 0 Å². The predicted molar refractivity (Wildman–Crippen MR) is 65.0 cm³/mol. The number of nitrogens with zero attached hydrogens (tertiary/aromatic N) is 1. The summed E-state index contributed by atoms with van der Waals surface area (Å²) in [5.41, 5.74) is 0.703. The first-order valence-corrected chi connectivity index (χ1v) is 5.97. The normalized spacial score (nSPS) is 19.5. The molecule has 1 amide bonds. The first-order chi connectivity index (χ1) is 8.31. The van der Waals surface area contributed by atoms with Crippen LogP contribution in [0.15, 0.2) is 18.3 Å².